The molecule has 0 unspecified atom stereocenters. The van der Waals surface area contributed by atoms with Crippen molar-refractivity contribution in [3.63, 3.8) is 0 Å². The second-order valence-corrected chi connectivity index (χ2v) is 10.4. The van der Waals surface area contributed by atoms with E-state index in [1.54, 1.807) is 23.5 Å². The van der Waals surface area contributed by atoms with Gasteiger partial charge >= 0.3 is 47.5 Å². The van der Waals surface area contributed by atoms with Gasteiger partial charge in [-0.05, 0) is 30.3 Å². The van der Waals surface area contributed by atoms with Gasteiger partial charge in [0.1, 0.15) is 6.61 Å². The zero-order valence-corrected chi connectivity index (χ0v) is 30.4. The van der Waals surface area contributed by atoms with Crippen molar-refractivity contribution in [3.05, 3.63) is 0 Å². The number of ether oxygens (including phenoxy) is 5. The Morgan fingerprint density at radius 3 is 1.41 bits per heavy atom. The molecule has 44 heavy (non-hydrogen) atoms. The molecule has 7 N–H and O–H groups in total. The number of Topliss-reactive ketones (excluding diaryl/α,β-unsaturated/α-hetero) is 1. The number of aliphatic hydroxyl groups excluding tert-OH is 4. The number of hydrogen-bond acceptors (Lipinski definition) is 17. The molecule has 0 amide bonds. The Labute approximate surface area is 292 Å². The number of aliphatic hydroxyl groups is 4. The summed E-state index contributed by atoms with van der Waals surface area (Å²) in [6.45, 7) is 1.10. The van der Waals surface area contributed by atoms with Crippen LogP contribution < -0.4 is 29.6 Å². The fourth-order valence-electron chi connectivity index (χ4n) is 2.67. The first kappa shape index (κ1) is 53.3. The van der Waals surface area contributed by atoms with Crippen molar-refractivity contribution in [2.45, 2.75) is 30.8 Å². The third-order valence-corrected chi connectivity index (χ3v) is 6.45. The number of carbonyl (C=O) groups is 4. The number of thioether (sulfide) groups is 3. The van der Waals surface area contributed by atoms with E-state index in [4.69, 9.17) is 54.3 Å². The first-order valence-corrected chi connectivity index (χ1v) is 16.7. The van der Waals surface area contributed by atoms with Crippen molar-refractivity contribution < 1.29 is 109 Å². The summed E-state index contributed by atoms with van der Waals surface area (Å²) in [6.07, 6.45) is 6.71. The van der Waals surface area contributed by atoms with Crippen molar-refractivity contribution in [2.75, 3.05) is 96.0 Å². The maximum Gasteiger partial charge on any atom is 1.00 e. The van der Waals surface area contributed by atoms with Gasteiger partial charge in [-0.3, -0.25) is 4.79 Å². The largest absolute Gasteiger partial charge is 1.00 e. The maximum atomic E-state index is 11.6. The van der Waals surface area contributed by atoms with Crippen LogP contribution >= 0.6 is 35.3 Å². The van der Waals surface area contributed by atoms with Crippen LogP contribution in [-0.2, 0) is 42.9 Å². The fraction of sp³-hybridized carbons (Fsp3) is 0.833. The van der Waals surface area contributed by atoms with Crippen LogP contribution in [-0.4, -0.2) is 167 Å². The second kappa shape index (κ2) is 35.6. The topological polar surface area (TPSA) is 266 Å². The molecule has 0 bridgehead atoms. The Morgan fingerprint density at radius 2 is 1.09 bits per heavy atom. The molecule has 258 valence electrons. The molecule has 20 heteroatoms. The molecular weight excluding hydrogens is 663 g/mol. The molecule has 0 aromatic heterocycles. The minimum atomic E-state index is -1.36. The molecule has 2 aliphatic rings. The molecule has 2 heterocycles. The van der Waals surface area contributed by atoms with Gasteiger partial charge in [-0.1, -0.05) is 0 Å². The number of carbonyl (C=O) groups excluding carboxylic acids is 2. The molecule has 0 aromatic carbocycles. The number of carboxylic acid groups (broad SMARTS) is 2. The number of hydrogen-bond donors (Lipinski definition) is 6. The van der Waals surface area contributed by atoms with Gasteiger partial charge in [0.2, 0.25) is 5.78 Å². The van der Waals surface area contributed by atoms with Crippen molar-refractivity contribution in [2.24, 2.45) is 0 Å². The molecule has 0 aliphatic carbocycles. The predicted molar refractivity (Wildman–Crippen MR) is 161 cm³/mol. The molecule has 2 fully saturated rings. The van der Waals surface area contributed by atoms with Gasteiger partial charge in [-0.25, -0.2) is 14.4 Å². The number of esters is 1. The molecule has 2 saturated heterocycles. The van der Waals surface area contributed by atoms with E-state index in [9.17, 15) is 19.2 Å². The quantitative estimate of drug-likeness (QED) is 0.0544. The normalized spacial score (nSPS) is 14.9. The van der Waals surface area contributed by atoms with Crippen LogP contribution in [0.15, 0.2) is 0 Å². The second-order valence-electron chi connectivity index (χ2n) is 7.47. The van der Waals surface area contributed by atoms with Crippen LogP contribution in [0, 0.1) is 0 Å². The van der Waals surface area contributed by atoms with Crippen LogP contribution in [0.2, 0.25) is 0 Å². The third kappa shape index (κ3) is 24.9. The maximum absolute atomic E-state index is 11.6. The van der Waals surface area contributed by atoms with Gasteiger partial charge in [0.25, 0.3) is 11.6 Å². The summed E-state index contributed by atoms with van der Waals surface area (Å²) in [5.74, 6) is -4.11. The Bertz CT molecular complexity index is 707. The third-order valence-electron chi connectivity index (χ3n) is 4.61. The van der Waals surface area contributed by atoms with Gasteiger partial charge in [-0.2, -0.15) is 35.3 Å². The first-order valence-electron chi connectivity index (χ1n) is 12.5. The van der Waals surface area contributed by atoms with E-state index in [1.165, 1.54) is 11.8 Å². The van der Waals surface area contributed by atoms with Crippen molar-refractivity contribution in [1.82, 2.24) is 0 Å². The van der Waals surface area contributed by atoms with Gasteiger partial charge in [0.15, 0.2) is 0 Å². The SMILES string of the molecule is CO.CSCCC(=O)C(=O)O.CSCCC1(C(=O)O)OCCO1.CSCCC1(C(=O)OCCO)OCCO1.OCCO.[Na+].[OH-]. The van der Waals surface area contributed by atoms with E-state index in [0.717, 1.165) is 18.6 Å². The van der Waals surface area contributed by atoms with E-state index >= 15 is 0 Å². The Morgan fingerprint density at radius 1 is 0.705 bits per heavy atom. The minimum Gasteiger partial charge on any atom is -0.870 e. The van der Waals surface area contributed by atoms with Crippen LogP contribution in [0.5, 0.6) is 0 Å². The fourth-order valence-corrected chi connectivity index (χ4v) is 4.01. The number of carboxylic acids is 2. The molecule has 2 aliphatic heterocycles. The van der Waals surface area contributed by atoms with E-state index in [2.05, 4.69) is 0 Å². The van der Waals surface area contributed by atoms with Crippen LogP contribution in [0.4, 0.5) is 0 Å². The molecule has 0 atom stereocenters. The zero-order valence-electron chi connectivity index (χ0n) is 25.9. The van der Waals surface area contributed by atoms with Gasteiger partial charge in [0.05, 0.1) is 46.2 Å². The zero-order chi connectivity index (χ0) is 32.9. The predicted octanol–water partition coefficient (Wildman–Crippen LogP) is -3.61. The molecule has 16 nitrogen and oxygen atoms in total. The van der Waals surface area contributed by atoms with Crippen LogP contribution in [0.25, 0.3) is 0 Å². The Kier molecular flexibility index (Phi) is 43.1. The van der Waals surface area contributed by atoms with Gasteiger partial charge in [0, 0.05) is 32.1 Å². The van der Waals surface area contributed by atoms with E-state index in [-0.39, 0.29) is 67.9 Å². The molecule has 0 aromatic rings. The molecule has 0 radical (unpaired) electrons. The molecular formula is C24H47NaO16S3. The monoisotopic (exact) mass is 710 g/mol. The standard InChI is InChI=1S/C9H16O5S.C7H12O4S.C5H8O3S.C2H6O2.CH4O.Na.H2O/c1-15-7-2-9(13-5-6-14-9)8(11)12-4-3-10;1-12-5-2-7(6(8)9)10-3-4-11-7;1-9-3-2-4(6)5(7)8;3-1-2-4;1-2;;/h10H,2-7H2,1H3;2-5H2,1H3,(H,8,9);2-3H2,1H3,(H,7,8);3-4H,1-2H2;2H,1H3;;1H2/q;;;;;+1;/p-1. The molecule has 0 spiro atoms. The van der Waals surface area contributed by atoms with Crippen molar-refractivity contribution in [3.8, 4) is 0 Å². The average Bonchev–Trinajstić information content (AvgIpc) is 3.70. The number of aliphatic carboxylic acids is 2. The summed E-state index contributed by atoms with van der Waals surface area (Å²) in [5, 5.41) is 47.7. The average molecular weight is 711 g/mol. The van der Waals surface area contributed by atoms with Gasteiger partial charge < -0.3 is 59.8 Å². The van der Waals surface area contributed by atoms with E-state index < -0.39 is 35.3 Å². The molecule has 2 rings (SSSR count). The molecule has 0 saturated carbocycles. The minimum absolute atomic E-state index is 0. The van der Waals surface area contributed by atoms with Crippen molar-refractivity contribution in [1.29, 1.82) is 0 Å². The Balaban J connectivity index is -0.000000159. The van der Waals surface area contributed by atoms with Crippen LogP contribution in [0.3, 0.4) is 0 Å². The smallest absolute Gasteiger partial charge is 0.870 e. The summed E-state index contributed by atoms with van der Waals surface area (Å²) in [7, 11) is 1.00. The van der Waals surface area contributed by atoms with Crippen molar-refractivity contribution >= 4 is 59.0 Å². The number of rotatable bonds is 15. The summed E-state index contributed by atoms with van der Waals surface area (Å²) in [6, 6.07) is 0. The van der Waals surface area contributed by atoms with Crippen LogP contribution in [0.1, 0.15) is 19.3 Å². The summed E-state index contributed by atoms with van der Waals surface area (Å²) in [5.41, 5.74) is 0. The first-order chi connectivity index (χ1) is 20.1. The summed E-state index contributed by atoms with van der Waals surface area (Å²) < 4.78 is 25.6. The Hall–Kier alpha value is -0.230. The van der Waals surface area contributed by atoms with Gasteiger partial charge in [-0.15, -0.1) is 0 Å². The summed E-state index contributed by atoms with van der Waals surface area (Å²) >= 11 is 4.66. The number of ketones is 1. The van der Waals surface area contributed by atoms with E-state index in [0.29, 0.717) is 45.0 Å². The van der Waals surface area contributed by atoms with E-state index in [1.807, 2.05) is 18.8 Å². The summed E-state index contributed by atoms with van der Waals surface area (Å²) in [4.78, 5) is 42.5.